The molecule has 0 bridgehead atoms. The molecule has 0 atom stereocenters. The van der Waals surface area contributed by atoms with Crippen LogP contribution in [0.3, 0.4) is 0 Å². The zero-order valence-electron chi connectivity index (χ0n) is 11.9. The lowest BCUT2D eigenvalue weighted by atomic mass is 10.1. The molecule has 1 amide bonds. The zero-order valence-corrected chi connectivity index (χ0v) is 11.9. The van der Waals surface area contributed by atoms with Gasteiger partial charge in [0.25, 0.3) is 5.91 Å². The molecule has 0 aliphatic carbocycles. The van der Waals surface area contributed by atoms with Gasteiger partial charge >= 0.3 is 0 Å². The number of carbonyl (C=O) groups is 1. The molecule has 1 aromatic heterocycles. The number of hydrogen-bond donors (Lipinski definition) is 1. The molecule has 0 aliphatic rings. The molecular formula is C13H23N3O2. The molecule has 5 nitrogen and oxygen atoms in total. The number of aryl methyl sites for hydroxylation is 2. The molecule has 18 heavy (non-hydrogen) atoms. The van der Waals surface area contributed by atoms with Crippen LogP contribution in [0.4, 0.5) is 0 Å². The fourth-order valence-electron chi connectivity index (χ4n) is 1.86. The van der Waals surface area contributed by atoms with Crippen LogP contribution < -0.4 is 0 Å². The highest BCUT2D eigenvalue weighted by Gasteiger charge is 2.24. The summed E-state index contributed by atoms with van der Waals surface area (Å²) in [5.74, 6) is -0.0886. The minimum atomic E-state index is -0.891. The van der Waals surface area contributed by atoms with Gasteiger partial charge in [0, 0.05) is 20.1 Å². The van der Waals surface area contributed by atoms with Crippen molar-refractivity contribution < 1.29 is 9.90 Å². The number of nitrogens with zero attached hydrogens (tertiary/aromatic N) is 3. The summed E-state index contributed by atoms with van der Waals surface area (Å²) in [5, 5.41) is 14.1. The van der Waals surface area contributed by atoms with E-state index in [0.29, 0.717) is 18.8 Å². The van der Waals surface area contributed by atoms with Crippen molar-refractivity contribution >= 4 is 5.91 Å². The van der Waals surface area contributed by atoms with Gasteiger partial charge in [0.2, 0.25) is 0 Å². The maximum absolute atomic E-state index is 12.4. The molecule has 1 aromatic rings. The van der Waals surface area contributed by atoms with Crippen LogP contribution in [0.15, 0.2) is 6.07 Å². The first kappa shape index (κ1) is 14.7. The third kappa shape index (κ3) is 3.57. The van der Waals surface area contributed by atoms with Crippen molar-refractivity contribution in [2.24, 2.45) is 7.05 Å². The first-order valence-corrected chi connectivity index (χ1v) is 6.33. The number of aromatic nitrogens is 2. The molecule has 0 radical (unpaired) electrons. The van der Waals surface area contributed by atoms with E-state index in [1.807, 2.05) is 19.9 Å². The summed E-state index contributed by atoms with van der Waals surface area (Å²) < 4.78 is 1.61. The third-order valence-corrected chi connectivity index (χ3v) is 2.76. The Morgan fingerprint density at radius 1 is 1.50 bits per heavy atom. The number of amides is 1. The number of carbonyl (C=O) groups excluding carboxylic acids is 1. The number of likely N-dealkylation sites (N-methyl/N-ethyl adjacent to an activating group) is 1. The summed E-state index contributed by atoms with van der Waals surface area (Å²) in [4.78, 5) is 14.0. The van der Waals surface area contributed by atoms with Gasteiger partial charge in [-0.2, -0.15) is 5.10 Å². The summed E-state index contributed by atoms with van der Waals surface area (Å²) in [7, 11) is 1.77. The second-order valence-electron chi connectivity index (χ2n) is 5.13. The van der Waals surface area contributed by atoms with Crippen molar-refractivity contribution in [2.75, 3.05) is 13.1 Å². The third-order valence-electron chi connectivity index (χ3n) is 2.76. The van der Waals surface area contributed by atoms with Crippen LogP contribution in [0.5, 0.6) is 0 Å². The summed E-state index contributed by atoms with van der Waals surface area (Å²) in [6, 6.07) is 1.81. The van der Waals surface area contributed by atoms with E-state index in [2.05, 4.69) is 5.10 Å². The minimum absolute atomic E-state index is 0.0886. The van der Waals surface area contributed by atoms with Crippen LogP contribution in [-0.2, 0) is 13.5 Å². The maximum atomic E-state index is 12.4. The van der Waals surface area contributed by atoms with E-state index in [-0.39, 0.29) is 5.91 Å². The first-order chi connectivity index (χ1) is 8.28. The predicted octanol–water partition coefficient (Wildman–Crippen LogP) is 1.22. The van der Waals surface area contributed by atoms with Gasteiger partial charge in [-0.25, -0.2) is 0 Å². The van der Waals surface area contributed by atoms with Crippen molar-refractivity contribution in [1.82, 2.24) is 14.7 Å². The predicted molar refractivity (Wildman–Crippen MR) is 70.5 cm³/mol. The summed E-state index contributed by atoms with van der Waals surface area (Å²) in [5.41, 5.74) is 0.579. The van der Waals surface area contributed by atoms with Gasteiger partial charge in [-0.15, -0.1) is 0 Å². The fourth-order valence-corrected chi connectivity index (χ4v) is 1.86. The maximum Gasteiger partial charge on any atom is 0.272 e. The van der Waals surface area contributed by atoms with Crippen LogP contribution in [0.25, 0.3) is 0 Å². The Morgan fingerprint density at radius 2 is 2.11 bits per heavy atom. The lowest BCUT2D eigenvalue weighted by Crippen LogP contribution is -2.42. The topological polar surface area (TPSA) is 58.4 Å². The molecule has 102 valence electrons. The van der Waals surface area contributed by atoms with Crippen LogP contribution in [0.1, 0.15) is 43.9 Å². The Bertz CT molecular complexity index is 418. The van der Waals surface area contributed by atoms with E-state index >= 15 is 0 Å². The second kappa shape index (κ2) is 5.52. The summed E-state index contributed by atoms with van der Waals surface area (Å²) in [6.45, 7) is 8.18. The monoisotopic (exact) mass is 253 g/mol. The smallest absolute Gasteiger partial charge is 0.272 e. The second-order valence-corrected chi connectivity index (χ2v) is 5.13. The fraction of sp³-hybridized carbons (Fsp3) is 0.692. The van der Waals surface area contributed by atoms with Gasteiger partial charge in [0.1, 0.15) is 5.69 Å². The van der Waals surface area contributed by atoms with Crippen molar-refractivity contribution in [1.29, 1.82) is 0 Å². The van der Waals surface area contributed by atoms with Crippen molar-refractivity contribution in [3.63, 3.8) is 0 Å². The molecule has 0 saturated carbocycles. The molecular weight excluding hydrogens is 230 g/mol. The van der Waals surface area contributed by atoms with E-state index in [4.69, 9.17) is 0 Å². The highest BCUT2D eigenvalue weighted by atomic mass is 16.3. The SMILES string of the molecule is CCc1cc(C(=O)N(CC)CC(C)(C)O)n(C)n1. The Hall–Kier alpha value is -1.36. The van der Waals surface area contributed by atoms with Crippen molar-refractivity contribution in [2.45, 2.75) is 39.7 Å². The molecule has 0 unspecified atom stereocenters. The largest absolute Gasteiger partial charge is 0.389 e. The van der Waals surface area contributed by atoms with E-state index < -0.39 is 5.60 Å². The van der Waals surface area contributed by atoms with Crippen LogP contribution in [0.2, 0.25) is 0 Å². The van der Waals surface area contributed by atoms with Crippen LogP contribution in [0, 0.1) is 0 Å². The van der Waals surface area contributed by atoms with Gasteiger partial charge in [-0.3, -0.25) is 9.48 Å². The summed E-state index contributed by atoms with van der Waals surface area (Å²) in [6.07, 6.45) is 0.804. The highest BCUT2D eigenvalue weighted by Crippen LogP contribution is 2.11. The molecule has 1 rings (SSSR count). The van der Waals surface area contributed by atoms with E-state index in [1.165, 1.54) is 0 Å². The average molecular weight is 253 g/mol. The van der Waals surface area contributed by atoms with Crippen molar-refractivity contribution in [3.05, 3.63) is 17.5 Å². The van der Waals surface area contributed by atoms with Gasteiger partial charge < -0.3 is 10.0 Å². The van der Waals surface area contributed by atoms with Crippen LogP contribution >= 0.6 is 0 Å². The summed E-state index contributed by atoms with van der Waals surface area (Å²) >= 11 is 0. The molecule has 0 fully saturated rings. The molecule has 0 aliphatic heterocycles. The molecule has 1 N–H and O–H groups in total. The zero-order chi connectivity index (χ0) is 13.9. The van der Waals surface area contributed by atoms with Gasteiger partial charge in [0.05, 0.1) is 11.3 Å². The Morgan fingerprint density at radius 3 is 2.50 bits per heavy atom. The quantitative estimate of drug-likeness (QED) is 0.858. The molecule has 0 aromatic carbocycles. The van der Waals surface area contributed by atoms with E-state index in [1.54, 1.807) is 30.5 Å². The van der Waals surface area contributed by atoms with Gasteiger partial charge in [-0.05, 0) is 33.3 Å². The van der Waals surface area contributed by atoms with Gasteiger partial charge in [0.15, 0.2) is 0 Å². The van der Waals surface area contributed by atoms with Gasteiger partial charge in [-0.1, -0.05) is 6.92 Å². The Labute approximate surface area is 108 Å². The number of rotatable bonds is 5. The van der Waals surface area contributed by atoms with E-state index in [9.17, 15) is 9.90 Å². The first-order valence-electron chi connectivity index (χ1n) is 6.33. The molecule has 5 heteroatoms. The molecule has 0 spiro atoms. The lowest BCUT2D eigenvalue weighted by molar-refractivity contribution is 0.0309. The normalized spacial score (nSPS) is 11.7. The lowest BCUT2D eigenvalue weighted by Gasteiger charge is -2.28. The molecule has 1 heterocycles. The van der Waals surface area contributed by atoms with Crippen molar-refractivity contribution in [3.8, 4) is 0 Å². The minimum Gasteiger partial charge on any atom is -0.389 e. The Kier molecular flexibility index (Phi) is 4.51. The average Bonchev–Trinajstić information content (AvgIpc) is 2.65. The number of aliphatic hydroxyl groups is 1. The molecule has 0 saturated heterocycles. The standard InChI is InChI=1S/C13H23N3O2/c1-6-10-8-11(15(5)14-10)12(17)16(7-2)9-13(3,4)18/h8,18H,6-7,9H2,1-5H3. The highest BCUT2D eigenvalue weighted by molar-refractivity contribution is 5.92. The Balaban J connectivity index is 2.93. The van der Waals surface area contributed by atoms with E-state index in [0.717, 1.165) is 12.1 Å². The van der Waals surface area contributed by atoms with Crippen LogP contribution in [-0.4, -0.2) is 44.4 Å². The number of hydrogen-bond acceptors (Lipinski definition) is 3.